The third kappa shape index (κ3) is 3.30. The van der Waals surface area contributed by atoms with Gasteiger partial charge < -0.3 is 10.1 Å². The highest BCUT2D eigenvalue weighted by Crippen LogP contribution is 2.10. The van der Waals surface area contributed by atoms with Gasteiger partial charge in [-0.15, -0.1) is 0 Å². The first kappa shape index (κ1) is 11.6. The van der Waals surface area contributed by atoms with E-state index in [2.05, 4.69) is 11.4 Å². The van der Waals surface area contributed by atoms with Crippen molar-refractivity contribution < 1.29 is 9.53 Å². The van der Waals surface area contributed by atoms with E-state index in [-0.39, 0.29) is 18.1 Å². The summed E-state index contributed by atoms with van der Waals surface area (Å²) in [6.07, 6.45) is 0.517. The van der Waals surface area contributed by atoms with Crippen LogP contribution in [0, 0.1) is 11.3 Å². The molecule has 0 radical (unpaired) electrons. The second-order valence-corrected chi connectivity index (χ2v) is 4.24. The third-order valence-electron chi connectivity index (χ3n) is 2.64. The largest absolute Gasteiger partial charge is 0.363 e. The first-order valence-electron chi connectivity index (χ1n) is 5.60. The van der Waals surface area contributed by atoms with Gasteiger partial charge in [0.2, 0.25) is 0 Å². The fourth-order valence-electron chi connectivity index (χ4n) is 1.66. The lowest BCUT2D eigenvalue weighted by atomic mass is 10.1. The molecule has 1 N–H and O–H groups in total. The summed E-state index contributed by atoms with van der Waals surface area (Å²) in [6, 6.07) is 9.54. The van der Waals surface area contributed by atoms with Gasteiger partial charge in [-0.1, -0.05) is 12.1 Å². The molecule has 1 aliphatic heterocycles. The van der Waals surface area contributed by atoms with Crippen LogP contribution in [0.4, 0.5) is 0 Å². The predicted molar refractivity (Wildman–Crippen MR) is 62.2 cm³/mol. The van der Waals surface area contributed by atoms with Crippen LogP contribution < -0.4 is 5.32 Å². The van der Waals surface area contributed by atoms with E-state index in [0.717, 1.165) is 12.0 Å². The van der Waals surface area contributed by atoms with Gasteiger partial charge in [0.05, 0.1) is 18.2 Å². The van der Waals surface area contributed by atoms with Crippen LogP contribution in [0.2, 0.25) is 0 Å². The Bertz CT molecular complexity index is 443. The molecule has 2 unspecified atom stereocenters. The van der Waals surface area contributed by atoms with Crippen LogP contribution in [-0.4, -0.2) is 24.7 Å². The quantitative estimate of drug-likeness (QED) is 0.785. The minimum atomic E-state index is -0.238. The van der Waals surface area contributed by atoms with Crippen LogP contribution in [0.1, 0.15) is 18.1 Å². The van der Waals surface area contributed by atoms with Gasteiger partial charge in [0.15, 0.2) is 6.10 Å². The lowest BCUT2D eigenvalue weighted by Crippen LogP contribution is -2.36. The summed E-state index contributed by atoms with van der Waals surface area (Å²) < 4.78 is 4.90. The number of amides is 1. The van der Waals surface area contributed by atoms with Crippen molar-refractivity contribution in [3.05, 3.63) is 35.4 Å². The van der Waals surface area contributed by atoms with E-state index in [0.29, 0.717) is 12.2 Å². The minimum Gasteiger partial charge on any atom is -0.363 e. The van der Waals surface area contributed by atoms with Crippen molar-refractivity contribution in [1.82, 2.24) is 5.32 Å². The number of carbonyl (C=O) groups excluding carboxylic acids is 1. The highest BCUT2D eigenvalue weighted by Gasteiger charge is 2.31. The van der Waals surface area contributed by atoms with Gasteiger partial charge in [0.25, 0.3) is 5.91 Å². The van der Waals surface area contributed by atoms with Crippen molar-refractivity contribution in [2.75, 3.05) is 6.61 Å². The van der Waals surface area contributed by atoms with Gasteiger partial charge in [-0.05, 0) is 31.0 Å². The molecule has 1 heterocycles. The van der Waals surface area contributed by atoms with E-state index in [9.17, 15) is 4.79 Å². The molecule has 0 aliphatic carbocycles. The van der Waals surface area contributed by atoms with Crippen molar-refractivity contribution in [2.24, 2.45) is 0 Å². The van der Waals surface area contributed by atoms with Gasteiger partial charge in [0.1, 0.15) is 0 Å². The molecule has 1 aliphatic rings. The van der Waals surface area contributed by atoms with E-state index >= 15 is 0 Å². The average Bonchev–Trinajstić information content (AvgIpc) is 3.13. The highest BCUT2D eigenvalue weighted by atomic mass is 16.6. The van der Waals surface area contributed by atoms with E-state index in [1.54, 1.807) is 12.1 Å². The number of epoxide rings is 1. The number of carbonyl (C=O) groups is 1. The first-order valence-corrected chi connectivity index (χ1v) is 5.60. The Balaban J connectivity index is 1.86. The normalized spacial score (nSPS) is 19.2. The zero-order chi connectivity index (χ0) is 12.3. The Hall–Kier alpha value is -1.86. The van der Waals surface area contributed by atoms with E-state index in [1.807, 2.05) is 19.1 Å². The molecule has 0 saturated carbocycles. The Morgan fingerprint density at radius 1 is 1.59 bits per heavy atom. The number of ether oxygens (including phenoxy) is 1. The smallest absolute Gasteiger partial charge is 0.251 e. The Kier molecular flexibility index (Phi) is 3.40. The van der Waals surface area contributed by atoms with Crippen LogP contribution in [-0.2, 0) is 16.0 Å². The molecule has 2 atom stereocenters. The van der Waals surface area contributed by atoms with Gasteiger partial charge in [-0.3, -0.25) is 4.79 Å². The maximum absolute atomic E-state index is 11.4. The molecular formula is C13H14N2O2. The molecule has 1 aromatic carbocycles. The van der Waals surface area contributed by atoms with Crippen LogP contribution in [0.5, 0.6) is 0 Å². The Morgan fingerprint density at radius 3 is 2.76 bits per heavy atom. The summed E-state index contributed by atoms with van der Waals surface area (Å²) in [6.45, 7) is 2.49. The molecule has 4 nitrogen and oxygen atoms in total. The molecule has 0 spiro atoms. The zero-order valence-electron chi connectivity index (χ0n) is 9.64. The van der Waals surface area contributed by atoms with Crippen LogP contribution >= 0.6 is 0 Å². The molecule has 1 fully saturated rings. The molecule has 0 bridgehead atoms. The molecule has 2 rings (SSSR count). The van der Waals surface area contributed by atoms with E-state index in [1.165, 1.54) is 0 Å². The Labute approximate surface area is 100 Å². The number of hydrogen-bond donors (Lipinski definition) is 1. The maximum Gasteiger partial charge on any atom is 0.251 e. The summed E-state index contributed by atoms with van der Waals surface area (Å²) in [5, 5.41) is 11.6. The number of hydrogen-bond acceptors (Lipinski definition) is 3. The molecular weight excluding hydrogens is 216 g/mol. The number of nitrogens with zero attached hydrogens (tertiary/aromatic N) is 1. The highest BCUT2D eigenvalue weighted by molar-refractivity contribution is 5.83. The minimum absolute atomic E-state index is 0.0360. The van der Waals surface area contributed by atoms with Crippen LogP contribution in [0.15, 0.2) is 24.3 Å². The lowest BCUT2D eigenvalue weighted by Gasteiger charge is -2.13. The van der Waals surface area contributed by atoms with E-state index in [4.69, 9.17) is 10.00 Å². The maximum atomic E-state index is 11.4. The van der Waals surface area contributed by atoms with Gasteiger partial charge >= 0.3 is 0 Å². The van der Waals surface area contributed by atoms with Crippen molar-refractivity contribution in [2.45, 2.75) is 25.5 Å². The fourth-order valence-corrected chi connectivity index (χ4v) is 1.66. The monoisotopic (exact) mass is 230 g/mol. The molecule has 0 aromatic heterocycles. The van der Waals surface area contributed by atoms with Crippen molar-refractivity contribution in [1.29, 1.82) is 5.26 Å². The molecule has 88 valence electrons. The summed E-state index contributed by atoms with van der Waals surface area (Å²) >= 11 is 0. The third-order valence-corrected chi connectivity index (χ3v) is 2.64. The molecule has 1 aromatic rings. The second-order valence-electron chi connectivity index (χ2n) is 4.24. The second kappa shape index (κ2) is 4.98. The number of benzene rings is 1. The molecule has 17 heavy (non-hydrogen) atoms. The topological polar surface area (TPSA) is 65.4 Å². The standard InChI is InChI=1S/C13H14N2O2/c1-9(15-13(16)12-8-17-12)6-10-2-4-11(7-14)5-3-10/h2-5,9,12H,6,8H2,1H3,(H,15,16). The summed E-state index contributed by atoms with van der Waals surface area (Å²) in [5.41, 5.74) is 1.75. The lowest BCUT2D eigenvalue weighted by molar-refractivity contribution is -0.122. The average molecular weight is 230 g/mol. The van der Waals surface area contributed by atoms with Crippen molar-refractivity contribution in [3.63, 3.8) is 0 Å². The zero-order valence-corrected chi connectivity index (χ0v) is 9.64. The predicted octanol–water partition coefficient (Wildman–Crippen LogP) is 1.00. The van der Waals surface area contributed by atoms with Gasteiger partial charge in [0, 0.05) is 6.04 Å². The number of nitriles is 1. The number of rotatable bonds is 4. The van der Waals surface area contributed by atoms with Crippen LogP contribution in [0.25, 0.3) is 0 Å². The molecule has 4 heteroatoms. The van der Waals surface area contributed by atoms with E-state index < -0.39 is 0 Å². The van der Waals surface area contributed by atoms with Gasteiger partial charge in [-0.2, -0.15) is 5.26 Å². The molecule has 1 saturated heterocycles. The van der Waals surface area contributed by atoms with Crippen molar-refractivity contribution in [3.8, 4) is 6.07 Å². The number of nitrogens with one attached hydrogen (secondary N) is 1. The van der Waals surface area contributed by atoms with Crippen molar-refractivity contribution >= 4 is 5.91 Å². The summed E-state index contributed by atoms with van der Waals surface area (Å²) in [5.74, 6) is -0.0360. The first-order chi connectivity index (χ1) is 8.19. The molecule has 1 amide bonds. The summed E-state index contributed by atoms with van der Waals surface area (Å²) in [7, 11) is 0. The van der Waals surface area contributed by atoms with Crippen LogP contribution in [0.3, 0.4) is 0 Å². The Morgan fingerprint density at radius 2 is 2.24 bits per heavy atom. The fraction of sp³-hybridized carbons (Fsp3) is 0.385. The SMILES string of the molecule is CC(Cc1ccc(C#N)cc1)NC(=O)C1CO1. The van der Waals surface area contributed by atoms with Gasteiger partial charge in [-0.25, -0.2) is 0 Å². The summed E-state index contributed by atoms with van der Waals surface area (Å²) in [4.78, 5) is 11.4.